The monoisotopic (exact) mass is 294 g/mol. The van der Waals surface area contributed by atoms with Gasteiger partial charge in [0.2, 0.25) is 0 Å². The van der Waals surface area contributed by atoms with Crippen LogP contribution in [-0.2, 0) is 0 Å². The van der Waals surface area contributed by atoms with Crippen LogP contribution in [0.15, 0.2) is 47.4 Å². The lowest BCUT2D eigenvalue weighted by atomic mass is 10.1. The highest BCUT2D eigenvalue weighted by Gasteiger charge is 2.11. The summed E-state index contributed by atoms with van der Waals surface area (Å²) in [5.41, 5.74) is 3.56. The SMILES string of the molecule is Cc1ccc(C(C)n2ccc(-c3cc(=O)[nH]c(C)n3)n2)cc1. The normalized spacial score (nSPS) is 12.3. The minimum Gasteiger partial charge on any atom is -0.311 e. The first-order valence-corrected chi connectivity index (χ1v) is 7.23. The van der Waals surface area contributed by atoms with E-state index in [-0.39, 0.29) is 11.6 Å². The zero-order chi connectivity index (χ0) is 15.7. The lowest BCUT2D eigenvalue weighted by Gasteiger charge is -2.12. The Kier molecular flexibility index (Phi) is 3.63. The molecular formula is C17H18N4O. The molecule has 1 atom stereocenters. The molecule has 2 aromatic heterocycles. The molecule has 3 rings (SSSR count). The van der Waals surface area contributed by atoms with Crippen LogP contribution in [0, 0.1) is 13.8 Å². The molecule has 0 aliphatic carbocycles. The molecule has 0 bridgehead atoms. The summed E-state index contributed by atoms with van der Waals surface area (Å²) in [4.78, 5) is 18.5. The molecule has 1 unspecified atom stereocenters. The first-order chi connectivity index (χ1) is 10.5. The summed E-state index contributed by atoms with van der Waals surface area (Å²) in [6, 6.07) is 11.9. The minimum absolute atomic E-state index is 0.123. The molecule has 1 N–H and O–H groups in total. The number of hydrogen-bond acceptors (Lipinski definition) is 3. The van der Waals surface area contributed by atoms with E-state index in [0.29, 0.717) is 17.2 Å². The van der Waals surface area contributed by atoms with Crippen molar-refractivity contribution in [2.45, 2.75) is 26.8 Å². The summed E-state index contributed by atoms with van der Waals surface area (Å²) in [5, 5.41) is 4.56. The van der Waals surface area contributed by atoms with Crippen LogP contribution in [0.4, 0.5) is 0 Å². The number of hydrogen-bond donors (Lipinski definition) is 1. The second-order valence-corrected chi connectivity index (χ2v) is 5.48. The molecule has 3 aromatic rings. The first kappa shape index (κ1) is 14.3. The van der Waals surface area contributed by atoms with Gasteiger partial charge in [-0.1, -0.05) is 29.8 Å². The third kappa shape index (κ3) is 2.83. The summed E-state index contributed by atoms with van der Waals surface area (Å²) < 4.78 is 1.89. The third-order valence-electron chi connectivity index (χ3n) is 3.69. The van der Waals surface area contributed by atoms with Crippen LogP contribution in [0.3, 0.4) is 0 Å². The van der Waals surface area contributed by atoms with Gasteiger partial charge in [0.25, 0.3) is 5.56 Å². The van der Waals surface area contributed by atoms with Gasteiger partial charge in [-0.25, -0.2) is 4.98 Å². The number of rotatable bonds is 3. The molecule has 1 aromatic carbocycles. The van der Waals surface area contributed by atoms with E-state index in [1.807, 2.05) is 16.9 Å². The van der Waals surface area contributed by atoms with Crippen LogP contribution >= 0.6 is 0 Å². The van der Waals surface area contributed by atoms with Crippen LogP contribution in [-0.4, -0.2) is 19.7 Å². The second kappa shape index (κ2) is 5.60. The Bertz CT molecular complexity index is 846. The van der Waals surface area contributed by atoms with Crippen molar-refractivity contribution >= 4 is 0 Å². The van der Waals surface area contributed by atoms with Crippen molar-refractivity contribution in [2.75, 3.05) is 0 Å². The van der Waals surface area contributed by atoms with Gasteiger partial charge in [0.1, 0.15) is 11.5 Å². The van der Waals surface area contributed by atoms with E-state index in [9.17, 15) is 4.79 Å². The number of nitrogens with one attached hydrogen (secondary N) is 1. The lowest BCUT2D eigenvalue weighted by molar-refractivity contribution is 0.566. The van der Waals surface area contributed by atoms with E-state index >= 15 is 0 Å². The van der Waals surface area contributed by atoms with E-state index in [1.165, 1.54) is 17.2 Å². The number of aromatic nitrogens is 4. The maximum atomic E-state index is 11.5. The van der Waals surface area contributed by atoms with E-state index in [4.69, 9.17) is 0 Å². The minimum atomic E-state index is -0.163. The highest BCUT2D eigenvalue weighted by Crippen LogP contribution is 2.20. The number of aryl methyl sites for hydroxylation is 2. The first-order valence-electron chi connectivity index (χ1n) is 7.23. The van der Waals surface area contributed by atoms with Gasteiger partial charge in [-0.2, -0.15) is 5.10 Å². The molecule has 0 aliphatic rings. The van der Waals surface area contributed by atoms with Crippen molar-refractivity contribution < 1.29 is 0 Å². The topological polar surface area (TPSA) is 63.6 Å². The Balaban J connectivity index is 1.93. The number of H-pyrrole nitrogens is 1. The predicted octanol–water partition coefficient (Wildman–Crippen LogP) is 2.86. The highest BCUT2D eigenvalue weighted by molar-refractivity contribution is 5.52. The van der Waals surface area contributed by atoms with E-state index in [1.54, 1.807) is 6.92 Å². The Labute approximate surface area is 128 Å². The third-order valence-corrected chi connectivity index (χ3v) is 3.69. The van der Waals surface area contributed by atoms with Gasteiger partial charge in [0.05, 0.1) is 11.7 Å². The van der Waals surface area contributed by atoms with Gasteiger partial charge < -0.3 is 4.98 Å². The summed E-state index contributed by atoms with van der Waals surface area (Å²) in [6.07, 6.45) is 1.91. The molecule has 0 radical (unpaired) electrons. The van der Waals surface area contributed by atoms with E-state index < -0.39 is 0 Å². The Morgan fingerprint density at radius 2 is 1.82 bits per heavy atom. The van der Waals surface area contributed by atoms with Gasteiger partial charge >= 0.3 is 0 Å². The Hall–Kier alpha value is -2.69. The largest absolute Gasteiger partial charge is 0.311 e. The van der Waals surface area contributed by atoms with Gasteiger partial charge in [0.15, 0.2) is 0 Å². The molecule has 112 valence electrons. The Morgan fingerprint density at radius 1 is 1.09 bits per heavy atom. The molecule has 2 heterocycles. The average molecular weight is 294 g/mol. The van der Waals surface area contributed by atoms with E-state index in [2.05, 4.69) is 53.2 Å². The molecule has 5 nitrogen and oxygen atoms in total. The molecule has 22 heavy (non-hydrogen) atoms. The smallest absolute Gasteiger partial charge is 0.251 e. The maximum absolute atomic E-state index is 11.5. The summed E-state index contributed by atoms with van der Waals surface area (Å²) in [6.45, 7) is 5.93. The van der Waals surface area contributed by atoms with Crippen LogP contribution in [0.2, 0.25) is 0 Å². The number of benzene rings is 1. The zero-order valence-electron chi connectivity index (χ0n) is 12.9. The van der Waals surface area contributed by atoms with Gasteiger partial charge in [-0.15, -0.1) is 0 Å². The fourth-order valence-corrected chi connectivity index (χ4v) is 2.40. The number of nitrogens with zero attached hydrogens (tertiary/aromatic N) is 3. The molecule has 5 heteroatoms. The molecular weight excluding hydrogens is 276 g/mol. The summed E-state index contributed by atoms with van der Waals surface area (Å²) >= 11 is 0. The fraction of sp³-hybridized carbons (Fsp3) is 0.235. The molecule has 0 spiro atoms. The molecule has 0 amide bonds. The van der Waals surface area contributed by atoms with Gasteiger partial charge in [0, 0.05) is 12.3 Å². The van der Waals surface area contributed by atoms with Crippen molar-refractivity contribution in [2.24, 2.45) is 0 Å². The number of aromatic amines is 1. The molecule has 0 aliphatic heterocycles. The zero-order valence-corrected chi connectivity index (χ0v) is 12.9. The molecule has 0 saturated carbocycles. The maximum Gasteiger partial charge on any atom is 0.251 e. The van der Waals surface area contributed by atoms with Crippen molar-refractivity contribution in [3.05, 3.63) is 69.9 Å². The van der Waals surface area contributed by atoms with Crippen molar-refractivity contribution in [1.82, 2.24) is 19.7 Å². The Morgan fingerprint density at radius 3 is 2.50 bits per heavy atom. The standard InChI is InChI=1S/C17H18N4O/c1-11-4-6-14(7-5-11)12(2)21-9-8-15(20-21)16-10-17(22)19-13(3)18-16/h4-10,12H,1-3H3,(H,18,19,22). The predicted molar refractivity (Wildman–Crippen MR) is 85.8 cm³/mol. The van der Waals surface area contributed by atoms with E-state index in [0.717, 1.165) is 0 Å². The van der Waals surface area contributed by atoms with Crippen LogP contribution in [0.5, 0.6) is 0 Å². The average Bonchev–Trinajstić information content (AvgIpc) is 2.96. The fourth-order valence-electron chi connectivity index (χ4n) is 2.40. The lowest BCUT2D eigenvalue weighted by Crippen LogP contribution is -2.10. The quantitative estimate of drug-likeness (QED) is 0.808. The molecule has 0 fully saturated rings. The molecule has 0 saturated heterocycles. The van der Waals surface area contributed by atoms with Gasteiger partial charge in [-0.05, 0) is 32.4 Å². The van der Waals surface area contributed by atoms with Crippen LogP contribution in [0.1, 0.15) is 29.9 Å². The van der Waals surface area contributed by atoms with Crippen LogP contribution < -0.4 is 5.56 Å². The highest BCUT2D eigenvalue weighted by atomic mass is 16.1. The van der Waals surface area contributed by atoms with Crippen molar-refractivity contribution in [3.8, 4) is 11.4 Å². The second-order valence-electron chi connectivity index (χ2n) is 5.48. The summed E-state index contributed by atoms with van der Waals surface area (Å²) in [5.74, 6) is 0.587. The van der Waals surface area contributed by atoms with Crippen molar-refractivity contribution in [3.63, 3.8) is 0 Å². The summed E-state index contributed by atoms with van der Waals surface area (Å²) in [7, 11) is 0. The van der Waals surface area contributed by atoms with Crippen LogP contribution in [0.25, 0.3) is 11.4 Å². The van der Waals surface area contributed by atoms with Gasteiger partial charge in [-0.3, -0.25) is 9.48 Å². The van der Waals surface area contributed by atoms with Crippen molar-refractivity contribution in [1.29, 1.82) is 0 Å².